The van der Waals surface area contributed by atoms with Gasteiger partial charge in [0.1, 0.15) is 12.5 Å². The predicted octanol–water partition coefficient (Wildman–Crippen LogP) is 0.730. The van der Waals surface area contributed by atoms with Gasteiger partial charge in [-0.3, -0.25) is 9.80 Å². The molecule has 0 atom stereocenters. The second-order valence-corrected chi connectivity index (χ2v) is 3.01. The van der Waals surface area contributed by atoms with E-state index in [1.165, 1.54) is 5.01 Å². The molecule has 0 aromatic rings. The summed E-state index contributed by atoms with van der Waals surface area (Å²) in [5.41, 5.74) is 0. The van der Waals surface area contributed by atoms with Crippen LogP contribution in [-0.4, -0.2) is 47.0 Å². The number of hydrazone groups is 1. The van der Waals surface area contributed by atoms with Gasteiger partial charge in [-0.1, -0.05) is 0 Å². The Morgan fingerprint density at radius 2 is 2.25 bits per heavy atom. The first-order valence-corrected chi connectivity index (χ1v) is 3.87. The Hall–Kier alpha value is -0.810. The van der Waals surface area contributed by atoms with Crippen molar-refractivity contribution in [3.8, 4) is 0 Å². The van der Waals surface area contributed by atoms with E-state index in [0.29, 0.717) is 6.67 Å². The first kappa shape index (κ1) is 9.28. The number of hydrogen-bond donors (Lipinski definition) is 0. The predicted molar refractivity (Wildman–Crippen MR) is 46.6 cm³/mol. The number of nitrogens with zero attached hydrogens (tertiary/aromatic N) is 4. The molecule has 0 spiro atoms. The molecule has 1 aliphatic heterocycles. The van der Waals surface area contributed by atoms with Crippen molar-refractivity contribution in [2.45, 2.75) is 6.92 Å². The van der Waals surface area contributed by atoms with Crippen molar-refractivity contribution in [3.63, 3.8) is 0 Å². The topological polar surface area (TPSA) is 39.2 Å². The highest BCUT2D eigenvalue weighted by Crippen LogP contribution is 2.10. The van der Waals surface area contributed by atoms with Gasteiger partial charge >= 0.3 is 5.37 Å². The van der Waals surface area contributed by atoms with Gasteiger partial charge in [-0.25, -0.2) is 5.01 Å². The van der Waals surface area contributed by atoms with Gasteiger partial charge in [-0.05, 0) is 18.5 Å². The zero-order chi connectivity index (χ0) is 9.30. The molecule has 0 aliphatic carbocycles. The molecule has 6 heteroatoms. The first-order chi connectivity index (χ1) is 5.52. The summed E-state index contributed by atoms with van der Waals surface area (Å²) in [5, 5.41) is 8.27. The molecule has 0 N–H and O–H groups in total. The Morgan fingerprint density at radius 3 is 2.50 bits per heavy atom. The van der Waals surface area contributed by atoms with Crippen molar-refractivity contribution in [2.75, 3.05) is 20.8 Å². The van der Waals surface area contributed by atoms with Crippen LogP contribution in [0.25, 0.3) is 0 Å². The molecule has 0 saturated heterocycles. The van der Waals surface area contributed by atoms with Crippen LogP contribution in [0.4, 0.5) is 4.79 Å². The fourth-order valence-corrected chi connectivity index (χ4v) is 1.09. The van der Waals surface area contributed by atoms with Gasteiger partial charge in [-0.15, -0.1) is 0 Å². The molecule has 1 heterocycles. The minimum Gasteiger partial charge on any atom is -0.270 e. The van der Waals surface area contributed by atoms with Crippen LogP contribution in [0.1, 0.15) is 6.92 Å². The minimum atomic E-state index is -0.557. The fraction of sp³-hybridized carbons (Fsp3) is 0.667. The summed E-state index contributed by atoms with van der Waals surface area (Å²) in [7, 11) is 3.75. The van der Waals surface area contributed by atoms with E-state index in [9.17, 15) is 4.79 Å². The molecule has 0 fully saturated rings. The molecule has 0 radical (unpaired) electrons. The molecule has 0 aromatic carbocycles. The van der Waals surface area contributed by atoms with Crippen molar-refractivity contribution in [3.05, 3.63) is 0 Å². The van der Waals surface area contributed by atoms with E-state index in [-0.39, 0.29) is 0 Å². The zero-order valence-electron chi connectivity index (χ0n) is 7.28. The molecule has 12 heavy (non-hydrogen) atoms. The van der Waals surface area contributed by atoms with Gasteiger partial charge in [0.15, 0.2) is 0 Å². The Kier molecular flexibility index (Phi) is 2.54. The lowest BCUT2D eigenvalue weighted by Gasteiger charge is -2.25. The van der Waals surface area contributed by atoms with Gasteiger partial charge < -0.3 is 0 Å². The maximum Gasteiger partial charge on any atom is 0.338 e. The summed E-state index contributed by atoms with van der Waals surface area (Å²) in [6.07, 6.45) is 0. The average molecular weight is 191 g/mol. The van der Waals surface area contributed by atoms with E-state index < -0.39 is 5.37 Å². The Morgan fingerprint density at radius 1 is 1.67 bits per heavy atom. The van der Waals surface area contributed by atoms with Crippen LogP contribution in [0.5, 0.6) is 0 Å². The molecular weight excluding hydrogens is 180 g/mol. The molecule has 0 bridgehead atoms. The number of carbonyl (C=O) groups is 1. The third-order valence-corrected chi connectivity index (χ3v) is 1.79. The lowest BCUT2D eigenvalue weighted by Crippen LogP contribution is -2.40. The third-order valence-electron chi connectivity index (χ3n) is 1.59. The largest absolute Gasteiger partial charge is 0.338 e. The minimum absolute atomic E-state index is 0.390. The van der Waals surface area contributed by atoms with Gasteiger partial charge in [0.2, 0.25) is 0 Å². The Bertz CT molecular complexity index is 228. The molecule has 1 aliphatic rings. The summed E-state index contributed by atoms with van der Waals surface area (Å²) in [4.78, 5) is 10.7. The molecular formula is C6H11ClN4O. The van der Waals surface area contributed by atoms with Gasteiger partial charge in [0.05, 0.1) is 0 Å². The number of hydrogen-bond acceptors (Lipinski definition) is 4. The smallest absolute Gasteiger partial charge is 0.270 e. The Labute approximate surface area is 76.1 Å². The standard InChI is InChI=1S/C6H11ClN4O/c1-5-8-10(6(7)12)4-11(5)9(2)3/h4H2,1-3H3. The summed E-state index contributed by atoms with van der Waals surface area (Å²) in [5.74, 6) is 0.758. The summed E-state index contributed by atoms with van der Waals surface area (Å²) in [6, 6.07) is 0. The van der Waals surface area contributed by atoms with Gasteiger partial charge in [0, 0.05) is 14.1 Å². The summed E-state index contributed by atoms with van der Waals surface area (Å²) in [6.45, 7) is 2.21. The molecule has 1 rings (SSSR count). The molecule has 0 aromatic heterocycles. The zero-order valence-corrected chi connectivity index (χ0v) is 8.04. The van der Waals surface area contributed by atoms with Crippen LogP contribution < -0.4 is 0 Å². The van der Waals surface area contributed by atoms with E-state index in [1.807, 2.05) is 31.0 Å². The molecule has 1 amide bonds. The van der Waals surface area contributed by atoms with Gasteiger partial charge in [-0.2, -0.15) is 10.1 Å². The van der Waals surface area contributed by atoms with Crippen LogP contribution in [0.3, 0.4) is 0 Å². The maximum atomic E-state index is 10.7. The van der Waals surface area contributed by atoms with E-state index in [1.54, 1.807) is 0 Å². The van der Waals surface area contributed by atoms with Crippen molar-refractivity contribution in [2.24, 2.45) is 5.10 Å². The number of halogens is 1. The van der Waals surface area contributed by atoms with Crippen molar-refractivity contribution in [1.29, 1.82) is 0 Å². The van der Waals surface area contributed by atoms with Gasteiger partial charge in [0.25, 0.3) is 0 Å². The van der Waals surface area contributed by atoms with Crippen LogP contribution in [-0.2, 0) is 0 Å². The van der Waals surface area contributed by atoms with Crippen molar-refractivity contribution in [1.82, 2.24) is 15.0 Å². The lowest BCUT2D eigenvalue weighted by molar-refractivity contribution is 0.0856. The second kappa shape index (κ2) is 3.28. The third kappa shape index (κ3) is 1.67. The second-order valence-electron chi connectivity index (χ2n) is 2.69. The van der Waals surface area contributed by atoms with E-state index >= 15 is 0 Å². The molecule has 0 saturated carbocycles. The highest BCUT2D eigenvalue weighted by Gasteiger charge is 2.24. The molecule has 68 valence electrons. The average Bonchev–Trinajstić information content (AvgIpc) is 2.30. The fourth-order valence-electron chi connectivity index (χ4n) is 0.998. The molecule has 0 unspecified atom stereocenters. The SMILES string of the molecule is CC1=NN(C(=O)Cl)CN1N(C)C. The lowest BCUT2D eigenvalue weighted by atomic mass is 10.6. The number of amides is 1. The van der Waals surface area contributed by atoms with E-state index in [0.717, 1.165) is 5.84 Å². The first-order valence-electron chi connectivity index (χ1n) is 3.49. The van der Waals surface area contributed by atoms with E-state index in [2.05, 4.69) is 5.10 Å². The van der Waals surface area contributed by atoms with Crippen LogP contribution in [0.2, 0.25) is 0 Å². The number of rotatable bonds is 1. The summed E-state index contributed by atoms with van der Waals surface area (Å²) >= 11 is 5.25. The van der Waals surface area contributed by atoms with Crippen molar-refractivity contribution < 1.29 is 4.79 Å². The number of amidine groups is 1. The monoisotopic (exact) mass is 190 g/mol. The quantitative estimate of drug-likeness (QED) is 0.452. The van der Waals surface area contributed by atoms with Crippen LogP contribution >= 0.6 is 11.6 Å². The normalized spacial score (nSPS) is 17.2. The van der Waals surface area contributed by atoms with Crippen LogP contribution in [0, 0.1) is 0 Å². The molecule has 5 nitrogen and oxygen atoms in total. The van der Waals surface area contributed by atoms with Crippen LogP contribution in [0.15, 0.2) is 5.10 Å². The highest BCUT2D eigenvalue weighted by molar-refractivity contribution is 6.62. The number of carbonyl (C=O) groups excluding carboxylic acids is 1. The maximum absolute atomic E-state index is 10.7. The van der Waals surface area contributed by atoms with E-state index in [4.69, 9.17) is 11.6 Å². The number of hydrazine groups is 1. The summed E-state index contributed by atoms with van der Waals surface area (Å²) < 4.78 is 0. The highest BCUT2D eigenvalue weighted by atomic mass is 35.5. The Balaban J connectivity index is 2.68. The van der Waals surface area contributed by atoms with Crippen molar-refractivity contribution >= 4 is 22.8 Å².